The Morgan fingerprint density at radius 2 is 1.69 bits per heavy atom. The number of hydrogen-bond acceptors (Lipinski definition) is 9. The Balaban J connectivity index is 2.28. The molecule has 3 amide bonds. The van der Waals surface area contributed by atoms with Gasteiger partial charge in [0.25, 0.3) is 11.8 Å². The summed E-state index contributed by atoms with van der Waals surface area (Å²) in [6.45, 7) is 7.81. The molecule has 1 atom stereocenters. The van der Waals surface area contributed by atoms with E-state index in [4.69, 9.17) is 25.7 Å². The van der Waals surface area contributed by atoms with Crippen molar-refractivity contribution < 1.29 is 28.6 Å². The van der Waals surface area contributed by atoms with E-state index in [-0.39, 0.29) is 16.3 Å². The molecule has 0 bridgehead atoms. The lowest BCUT2D eigenvalue weighted by molar-refractivity contribution is -0.123. The number of amides is 3. The summed E-state index contributed by atoms with van der Waals surface area (Å²) < 4.78 is 20.4. The van der Waals surface area contributed by atoms with Crippen LogP contribution >= 0.6 is 11.5 Å². The van der Waals surface area contributed by atoms with Crippen molar-refractivity contribution in [2.24, 2.45) is 5.73 Å². The van der Waals surface area contributed by atoms with Gasteiger partial charge in [-0.2, -0.15) is 4.37 Å². The molecule has 0 fully saturated rings. The molecule has 208 valence electrons. The molecule has 11 nitrogen and oxygen atoms in total. The van der Waals surface area contributed by atoms with Crippen LogP contribution in [-0.4, -0.2) is 48.5 Å². The van der Waals surface area contributed by atoms with Crippen molar-refractivity contribution in [1.82, 2.24) is 9.69 Å². The lowest BCUT2D eigenvalue weighted by Gasteiger charge is -2.34. The monoisotopic (exact) mass is 555 g/mol. The van der Waals surface area contributed by atoms with Gasteiger partial charge in [-0.05, 0) is 81.2 Å². The second-order valence-electron chi connectivity index (χ2n) is 9.50. The SMILES string of the molecule is CCOc1ccc(N(C(=O)c2snc(C(N)=O)c2N)[C@H](C(=O)NC(C)(C)C)c2ccc(OC)c(OC)c2)cc1. The molecule has 0 radical (unpaired) electrons. The molecule has 0 saturated carbocycles. The van der Waals surface area contributed by atoms with Gasteiger partial charge in [0.05, 0.1) is 26.5 Å². The van der Waals surface area contributed by atoms with E-state index in [0.29, 0.717) is 35.1 Å². The molecule has 1 aromatic heterocycles. The highest BCUT2D eigenvalue weighted by molar-refractivity contribution is 7.09. The van der Waals surface area contributed by atoms with Crippen molar-refractivity contribution in [3.8, 4) is 17.2 Å². The third-order valence-electron chi connectivity index (χ3n) is 5.53. The van der Waals surface area contributed by atoms with E-state index in [2.05, 4.69) is 9.69 Å². The summed E-state index contributed by atoms with van der Waals surface area (Å²) in [7, 11) is 2.98. The zero-order valence-corrected chi connectivity index (χ0v) is 23.5. The molecule has 0 unspecified atom stereocenters. The fourth-order valence-corrected chi connectivity index (χ4v) is 4.61. The first-order chi connectivity index (χ1) is 18.4. The van der Waals surface area contributed by atoms with Crippen LogP contribution < -0.4 is 35.9 Å². The van der Waals surface area contributed by atoms with Crippen molar-refractivity contribution in [1.29, 1.82) is 0 Å². The molecular formula is C27H33N5O6S. The molecule has 1 heterocycles. The zero-order valence-electron chi connectivity index (χ0n) is 22.7. The Kier molecular flexibility index (Phi) is 9.02. The van der Waals surface area contributed by atoms with Crippen molar-refractivity contribution in [3.05, 3.63) is 58.6 Å². The number of nitrogens with one attached hydrogen (secondary N) is 1. The normalized spacial score (nSPS) is 11.8. The maximum atomic E-state index is 14.2. The number of primary amides is 1. The second-order valence-corrected chi connectivity index (χ2v) is 10.3. The van der Waals surface area contributed by atoms with Crippen LogP contribution in [0.3, 0.4) is 0 Å². The number of carbonyl (C=O) groups excluding carboxylic acids is 3. The number of nitrogens with zero attached hydrogens (tertiary/aromatic N) is 2. The topological polar surface area (TPSA) is 159 Å². The summed E-state index contributed by atoms with van der Waals surface area (Å²) >= 11 is 0.730. The summed E-state index contributed by atoms with van der Waals surface area (Å²) in [6, 6.07) is 10.5. The van der Waals surface area contributed by atoms with Crippen LogP contribution in [0.25, 0.3) is 0 Å². The molecule has 39 heavy (non-hydrogen) atoms. The largest absolute Gasteiger partial charge is 0.494 e. The third kappa shape index (κ3) is 6.58. The van der Waals surface area contributed by atoms with E-state index in [1.54, 1.807) is 42.5 Å². The Hall–Kier alpha value is -4.32. The van der Waals surface area contributed by atoms with Crippen molar-refractivity contribution in [2.45, 2.75) is 39.3 Å². The number of aromatic nitrogens is 1. The number of rotatable bonds is 10. The minimum atomic E-state index is -1.19. The van der Waals surface area contributed by atoms with E-state index in [1.165, 1.54) is 19.1 Å². The summed E-state index contributed by atoms with van der Waals surface area (Å²) in [5.74, 6) is -0.564. The molecule has 3 aromatic rings. The molecule has 12 heteroatoms. The number of ether oxygens (including phenoxy) is 3. The fourth-order valence-electron chi connectivity index (χ4n) is 3.87. The van der Waals surface area contributed by atoms with Gasteiger partial charge in [0.15, 0.2) is 17.2 Å². The number of nitrogen functional groups attached to an aromatic ring is 1. The van der Waals surface area contributed by atoms with Gasteiger partial charge < -0.3 is 31.0 Å². The molecule has 0 saturated heterocycles. The fraction of sp³-hybridized carbons (Fsp3) is 0.333. The van der Waals surface area contributed by atoms with Crippen molar-refractivity contribution in [3.63, 3.8) is 0 Å². The third-order valence-corrected chi connectivity index (χ3v) is 6.38. The van der Waals surface area contributed by atoms with Crippen LogP contribution in [0.4, 0.5) is 11.4 Å². The van der Waals surface area contributed by atoms with Gasteiger partial charge in [-0.1, -0.05) is 6.07 Å². The number of nitrogens with two attached hydrogens (primary N) is 2. The summed E-state index contributed by atoms with van der Waals surface area (Å²) in [5.41, 5.74) is 11.3. The highest BCUT2D eigenvalue weighted by Gasteiger charge is 2.37. The van der Waals surface area contributed by atoms with Crippen LogP contribution in [-0.2, 0) is 4.79 Å². The Bertz CT molecular complexity index is 1350. The Morgan fingerprint density at radius 3 is 2.21 bits per heavy atom. The van der Waals surface area contributed by atoms with Gasteiger partial charge in [-0.3, -0.25) is 19.3 Å². The van der Waals surface area contributed by atoms with E-state index in [1.807, 2.05) is 27.7 Å². The summed E-state index contributed by atoms with van der Waals surface area (Å²) in [6.07, 6.45) is 0. The second kappa shape index (κ2) is 12.0. The summed E-state index contributed by atoms with van der Waals surface area (Å²) in [5, 5.41) is 2.96. The van der Waals surface area contributed by atoms with Crippen LogP contribution in [0.5, 0.6) is 17.2 Å². The van der Waals surface area contributed by atoms with E-state index in [0.717, 1.165) is 11.5 Å². The van der Waals surface area contributed by atoms with Crippen LogP contribution in [0, 0.1) is 0 Å². The number of hydrogen-bond donors (Lipinski definition) is 3. The highest BCUT2D eigenvalue weighted by Crippen LogP contribution is 2.37. The van der Waals surface area contributed by atoms with Crippen molar-refractivity contribution >= 4 is 40.6 Å². The first-order valence-electron chi connectivity index (χ1n) is 12.1. The maximum Gasteiger partial charge on any atom is 0.273 e. The van der Waals surface area contributed by atoms with Gasteiger partial charge in [0, 0.05) is 11.2 Å². The average Bonchev–Trinajstić information content (AvgIpc) is 3.27. The Morgan fingerprint density at radius 1 is 1.05 bits per heavy atom. The molecule has 0 aliphatic carbocycles. The lowest BCUT2D eigenvalue weighted by Crippen LogP contribution is -2.49. The molecule has 0 aliphatic rings. The number of anilines is 2. The average molecular weight is 556 g/mol. The van der Waals surface area contributed by atoms with Crippen LogP contribution in [0.1, 0.15) is 59.5 Å². The molecule has 2 aromatic carbocycles. The lowest BCUT2D eigenvalue weighted by atomic mass is 9.99. The van der Waals surface area contributed by atoms with E-state index >= 15 is 0 Å². The molecule has 0 spiro atoms. The maximum absolute atomic E-state index is 14.2. The van der Waals surface area contributed by atoms with Gasteiger partial charge >= 0.3 is 0 Å². The molecule has 5 N–H and O–H groups in total. The van der Waals surface area contributed by atoms with Gasteiger partial charge in [-0.15, -0.1) is 0 Å². The molecular weight excluding hydrogens is 522 g/mol. The number of methoxy groups -OCH3 is 2. The van der Waals surface area contributed by atoms with Gasteiger partial charge in [-0.25, -0.2) is 0 Å². The predicted octanol–water partition coefficient (Wildman–Crippen LogP) is 3.54. The van der Waals surface area contributed by atoms with E-state index in [9.17, 15) is 14.4 Å². The van der Waals surface area contributed by atoms with Gasteiger partial charge in [0.2, 0.25) is 5.91 Å². The van der Waals surface area contributed by atoms with Crippen LogP contribution in [0.2, 0.25) is 0 Å². The zero-order chi connectivity index (χ0) is 28.9. The Labute approximate surface area is 231 Å². The van der Waals surface area contributed by atoms with Crippen molar-refractivity contribution in [2.75, 3.05) is 31.5 Å². The number of benzene rings is 2. The van der Waals surface area contributed by atoms with Gasteiger partial charge in [0.1, 0.15) is 16.7 Å². The first-order valence-corrected chi connectivity index (χ1v) is 12.8. The minimum Gasteiger partial charge on any atom is -0.494 e. The minimum absolute atomic E-state index is 0.0354. The standard InChI is InChI=1S/C27H33N5O6S/c1-7-38-17-11-9-16(10-12-17)32(26(35)23-20(28)21(24(29)33)31-39-23)22(25(34)30-27(2,3)4)15-8-13-18(36-5)19(14-15)37-6/h8-14,22H,7,28H2,1-6H3,(H2,29,33)(H,30,34)/t22-/m0/s1. The quantitative estimate of drug-likeness (QED) is 0.343. The van der Waals surface area contributed by atoms with E-state index < -0.39 is 29.3 Å². The smallest absolute Gasteiger partial charge is 0.273 e. The van der Waals surface area contributed by atoms with Crippen LogP contribution in [0.15, 0.2) is 42.5 Å². The molecule has 0 aliphatic heterocycles. The number of carbonyl (C=O) groups is 3. The predicted molar refractivity (Wildman–Crippen MR) is 150 cm³/mol. The molecule has 3 rings (SSSR count). The first kappa shape index (κ1) is 29.2. The highest BCUT2D eigenvalue weighted by atomic mass is 32.1. The summed E-state index contributed by atoms with van der Waals surface area (Å²) in [4.78, 5) is 41.2.